The molecule has 90 valence electrons. The Morgan fingerprint density at radius 2 is 2.18 bits per heavy atom. The zero-order valence-electron chi connectivity index (χ0n) is 9.34. The minimum atomic E-state index is 0.339. The van der Waals surface area contributed by atoms with Crippen LogP contribution in [0.5, 0.6) is 5.75 Å². The quantitative estimate of drug-likeness (QED) is 0.892. The maximum absolute atomic E-state index is 6.11. The van der Waals surface area contributed by atoms with Crippen LogP contribution < -0.4 is 10.5 Å². The number of imidazole rings is 1. The van der Waals surface area contributed by atoms with E-state index in [1.165, 1.54) is 0 Å². The fourth-order valence-electron chi connectivity index (χ4n) is 1.56. The molecule has 0 unspecified atom stereocenters. The normalized spacial score (nSPS) is 10.6. The summed E-state index contributed by atoms with van der Waals surface area (Å²) in [5, 5.41) is 0.661. The first-order valence-corrected chi connectivity index (χ1v) is 6.05. The first kappa shape index (κ1) is 12.3. The lowest BCUT2D eigenvalue weighted by Gasteiger charge is -2.09. The molecule has 0 aliphatic rings. The number of rotatable bonds is 2. The third-order valence-electron chi connectivity index (χ3n) is 2.41. The molecule has 1 aromatic heterocycles. The third kappa shape index (κ3) is 2.25. The van der Waals surface area contributed by atoms with Gasteiger partial charge in [-0.2, -0.15) is 0 Å². The van der Waals surface area contributed by atoms with E-state index in [-0.39, 0.29) is 0 Å². The second kappa shape index (κ2) is 4.58. The van der Waals surface area contributed by atoms with E-state index in [1.54, 1.807) is 7.11 Å². The van der Waals surface area contributed by atoms with Gasteiger partial charge in [0.1, 0.15) is 16.0 Å². The summed E-state index contributed by atoms with van der Waals surface area (Å²) in [6.45, 7) is 1.92. The molecule has 0 saturated carbocycles. The van der Waals surface area contributed by atoms with Gasteiger partial charge in [0, 0.05) is 10.6 Å². The van der Waals surface area contributed by atoms with Gasteiger partial charge >= 0.3 is 0 Å². The van der Waals surface area contributed by atoms with Gasteiger partial charge in [-0.3, -0.25) is 0 Å². The highest BCUT2D eigenvalue weighted by atomic mass is 79.9. The number of nitrogen functional groups attached to an aromatic ring is 1. The van der Waals surface area contributed by atoms with Crippen LogP contribution in [0.15, 0.2) is 16.7 Å². The number of nitrogens with zero attached hydrogens (tertiary/aromatic N) is 1. The van der Waals surface area contributed by atoms with Crippen molar-refractivity contribution in [1.29, 1.82) is 0 Å². The minimum absolute atomic E-state index is 0.339. The molecule has 0 atom stereocenters. The Kier molecular flexibility index (Phi) is 3.31. The summed E-state index contributed by atoms with van der Waals surface area (Å²) >= 11 is 9.48. The second-order valence-corrected chi connectivity index (χ2v) is 4.79. The lowest BCUT2D eigenvalue weighted by atomic mass is 10.1. The molecule has 0 amide bonds. The lowest BCUT2D eigenvalue weighted by molar-refractivity contribution is 0.416. The fraction of sp³-hybridized carbons (Fsp3) is 0.182. The first-order valence-electron chi connectivity index (χ1n) is 4.88. The molecular weight excluding hydrogens is 305 g/mol. The van der Waals surface area contributed by atoms with E-state index in [0.717, 1.165) is 11.1 Å². The van der Waals surface area contributed by atoms with E-state index >= 15 is 0 Å². The molecule has 0 aliphatic carbocycles. The van der Waals surface area contributed by atoms with E-state index in [2.05, 4.69) is 25.9 Å². The number of halogens is 2. The number of nitrogens with one attached hydrogen (secondary N) is 1. The summed E-state index contributed by atoms with van der Waals surface area (Å²) in [5.74, 6) is 1.05. The number of methoxy groups -OCH3 is 1. The molecule has 17 heavy (non-hydrogen) atoms. The highest BCUT2D eigenvalue weighted by Gasteiger charge is 2.15. The van der Waals surface area contributed by atoms with Gasteiger partial charge in [0.15, 0.2) is 5.95 Å². The number of benzene rings is 1. The molecule has 0 spiro atoms. The zero-order chi connectivity index (χ0) is 12.6. The van der Waals surface area contributed by atoms with Gasteiger partial charge in [0.2, 0.25) is 0 Å². The Balaban J connectivity index is 2.66. The maximum atomic E-state index is 6.11. The average molecular weight is 317 g/mol. The molecule has 2 aromatic rings. The Labute approximate surface area is 112 Å². The number of aromatic amines is 1. The molecule has 0 fully saturated rings. The number of nitrogens with two attached hydrogens (primary N) is 1. The van der Waals surface area contributed by atoms with Crippen LogP contribution in [0.1, 0.15) is 5.56 Å². The standard InChI is InChI=1S/C11H11BrClN3O/c1-5-3-8(17-2)6(4-7(5)13)9-10(12)16-11(14)15-9/h3-4H,1-2H3,(H3,14,15,16). The van der Waals surface area contributed by atoms with E-state index < -0.39 is 0 Å². The Morgan fingerprint density at radius 1 is 1.47 bits per heavy atom. The van der Waals surface area contributed by atoms with Gasteiger partial charge in [0.25, 0.3) is 0 Å². The van der Waals surface area contributed by atoms with E-state index in [9.17, 15) is 0 Å². The second-order valence-electron chi connectivity index (χ2n) is 3.59. The summed E-state index contributed by atoms with van der Waals surface area (Å²) in [7, 11) is 1.61. The number of ether oxygens (including phenoxy) is 1. The SMILES string of the molecule is COc1cc(C)c(Cl)cc1-c1nc(N)[nH]c1Br. The summed E-state index contributed by atoms with van der Waals surface area (Å²) in [6.07, 6.45) is 0. The summed E-state index contributed by atoms with van der Waals surface area (Å²) < 4.78 is 6.03. The lowest BCUT2D eigenvalue weighted by Crippen LogP contribution is -1.91. The fourth-order valence-corrected chi connectivity index (χ4v) is 2.23. The predicted octanol–water partition coefficient (Wildman–Crippen LogP) is 3.39. The Morgan fingerprint density at radius 3 is 2.71 bits per heavy atom. The van der Waals surface area contributed by atoms with Crippen molar-refractivity contribution < 1.29 is 4.74 Å². The van der Waals surface area contributed by atoms with Crippen LogP contribution in [-0.4, -0.2) is 17.1 Å². The van der Waals surface area contributed by atoms with Crippen LogP contribution in [-0.2, 0) is 0 Å². The van der Waals surface area contributed by atoms with Crippen molar-refractivity contribution in [1.82, 2.24) is 9.97 Å². The van der Waals surface area contributed by atoms with E-state index in [4.69, 9.17) is 22.1 Å². The van der Waals surface area contributed by atoms with Crippen molar-refractivity contribution in [2.45, 2.75) is 6.92 Å². The molecular formula is C11H11BrClN3O. The van der Waals surface area contributed by atoms with Gasteiger partial charge < -0.3 is 15.5 Å². The predicted molar refractivity (Wildman–Crippen MR) is 72.4 cm³/mol. The Bertz CT molecular complexity index is 568. The number of hydrogen-bond donors (Lipinski definition) is 2. The number of H-pyrrole nitrogens is 1. The van der Waals surface area contributed by atoms with Crippen LogP contribution in [0.25, 0.3) is 11.3 Å². The maximum Gasteiger partial charge on any atom is 0.198 e. The minimum Gasteiger partial charge on any atom is -0.496 e. The summed E-state index contributed by atoms with van der Waals surface area (Å²) in [6, 6.07) is 3.69. The number of hydrogen-bond acceptors (Lipinski definition) is 3. The molecule has 0 saturated heterocycles. The number of aryl methyl sites for hydroxylation is 1. The molecule has 2 rings (SSSR count). The molecule has 4 nitrogen and oxygen atoms in total. The molecule has 0 radical (unpaired) electrons. The van der Waals surface area contributed by atoms with Gasteiger partial charge in [0.05, 0.1) is 7.11 Å². The summed E-state index contributed by atoms with van der Waals surface area (Å²) in [4.78, 5) is 7.07. The van der Waals surface area contributed by atoms with E-state index in [1.807, 2.05) is 19.1 Å². The average Bonchev–Trinajstić information content (AvgIpc) is 2.61. The van der Waals surface area contributed by atoms with Crippen molar-refractivity contribution >= 4 is 33.5 Å². The highest BCUT2D eigenvalue weighted by Crippen LogP contribution is 2.37. The largest absolute Gasteiger partial charge is 0.496 e. The van der Waals surface area contributed by atoms with Crippen molar-refractivity contribution in [2.24, 2.45) is 0 Å². The first-order chi connectivity index (χ1) is 8.02. The van der Waals surface area contributed by atoms with Crippen LogP contribution >= 0.6 is 27.5 Å². The van der Waals surface area contributed by atoms with Crippen LogP contribution in [0, 0.1) is 6.92 Å². The Hall–Kier alpha value is -1.20. The molecule has 6 heteroatoms. The van der Waals surface area contributed by atoms with Crippen molar-refractivity contribution in [2.75, 3.05) is 12.8 Å². The van der Waals surface area contributed by atoms with Crippen LogP contribution in [0.2, 0.25) is 5.02 Å². The molecule has 3 N–H and O–H groups in total. The molecule has 1 heterocycles. The summed E-state index contributed by atoms with van der Waals surface area (Å²) in [5.41, 5.74) is 8.03. The number of aromatic nitrogens is 2. The van der Waals surface area contributed by atoms with Crippen LogP contribution in [0.3, 0.4) is 0 Å². The van der Waals surface area contributed by atoms with Crippen LogP contribution in [0.4, 0.5) is 5.95 Å². The molecule has 0 bridgehead atoms. The van der Waals surface area contributed by atoms with Crippen molar-refractivity contribution in [3.8, 4) is 17.0 Å². The smallest absolute Gasteiger partial charge is 0.198 e. The zero-order valence-corrected chi connectivity index (χ0v) is 11.7. The molecule has 1 aromatic carbocycles. The number of anilines is 1. The molecule has 0 aliphatic heterocycles. The monoisotopic (exact) mass is 315 g/mol. The highest BCUT2D eigenvalue weighted by molar-refractivity contribution is 9.10. The topological polar surface area (TPSA) is 63.9 Å². The van der Waals surface area contributed by atoms with Crippen molar-refractivity contribution in [3.63, 3.8) is 0 Å². The van der Waals surface area contributed by atoms with Gasteiger partial charge in [-0.05, 0) is 40.5 Å². The van der Waals surface area contributed by atoms with Gasteiger partial charge in [-0.15, -0.1) is 0 Å². The van der Waals surface area contributed by atoms with Gasteiger partial charge in [-0.1, -0.05) is 11.6 Å². The van der Waals surface area contributed by atoms with Crippen molar-refractivity contribution in [3.05, 3.63) is 27.3 Å². The third-order valence-corrected chi connectivity index (χ3v) is 3.39. The van der Waals surface area contributed by atoms with E-state index in [0.29, 0.717) is 27.0 Å². The van der Waals surface area contributed by atoms with Gasteiger partial charge in [-0.25, -0.2) is 4.98 Å².